The molecule has 0 aromatic heterocycles. The van der Waals surface area contributed by atoms with E-state index >= 15 is 0 Å². The van der Waals surface area contributed by atoms with Crippen molar-refractivity contribution in [2.24, 2.45) is 0 Å². The fourth-order valence-electron chi connectivity index (χ4n) is 1.57. The number of nitrogens with one attached hydrogen (secondary N) is 1. The lowest BCUT2D eigenvalue weighted by Gasteiger charge is -2.21. The molecule has 1 saturated heterocycles. The van der Waals surface area contributed by atoms with Crippen molar-refractivity contribution >= 4 is 5.91 Å². The second kappa shape index (κ2) is 4.88. The van der Waals surface area contributed by atoms with Crippen molar-refractivity contribution in [1.82, 2.24) is 10.2 Å². The van der Waals surface area contributed by atoms with Crippen LogP contribution in [0, 0.1) is 12.3 Å². The molecule has 0 aromatic carbocycles. The van der Waals surface area contributed by atoms with Crippen LogP contribution in [0.4, 0.5) is 0 Å². The third-order valence-electron chi connectivity index (χ3n) is 2.33. The van der Waals surface area contributed by atoms with E-state index in [4.69, 9.17) is 6.42 Å². The fraction of sp³-hybridized carbons (Fsp3) is 0.700. The highest BCUT2D eigenvalue weighted by molar-refractivity contribution is 5.82. The monoisotopic (exact) mass is 180 g/mol. The maximum Gasteiger partial charge on any atom is 0.240 e. The number of rotatable bonds is 3. The van der Waals surface area contributed by atoms with Crippen molar-refractivity contribution in [2.45, 2.75) is 25.8 Å². The molecule has 3 nitrogen and oxygen atoms in total. The Labute approximate surface area is 79.5 Å². The number of likely N-dealkylation sites (N-methyl/N-ethyl adjacent to an activating group) is 1. The van der Waals surface area contributed by atoms with Gasteiger partial charge in [0.05, 0.1) is 12.6 Å². The number of carbonyl (C=O) groups excluding carboxylic acids is 1. The molecule has 0 spiro atoms. The van der Waals surface area contributed by atoms with Crippen LogP contribution in [-0.2, 0) is 4.79 Å². The number of terminal acetylenes is 1. The summed E-state index contributed by atoms with van der Waals surface area (Å²) in [5.41, 5.74) is 0. The maximum atomic E-state index is 11.7. The smallest absolute Gasteiger partial charge is 0.240 e. The molecule has 1 fully saturated rings. The quantitative estimate of drug-likeness (QED) is 0.630. The van der Waals surface area contributed by atoms with Gasteiger partial charge in [-0.1, -0.05) is 5.92 Å². The van der Waals surface area contributed by atoms with Crippen molar-refractivity contribution in [3.63, 3.8) is 0 Å². The fourth-order valence-corrected chi connectivity index (χ4v) is 1.57. The second-order valence-electron chi connectivity index (χ2n) is 3.21. The third-order valence-corrected chi connectivity index (χ3v) is 2.33. The number of amides is 1. The third kappa shape index (κ3) is 2.46. The Morgan fingerprint density at radius 2 is 2.54 bits per heavy atom. The lowest BCUT2D eigenvalue weighted by atomic mass is 10.2. The minimum Gasteiger partial charge on any atom is -0.330 e. The highest BCUT2D eigenvalue weighted by Gasteiger charge is 2.25. The molecule has 0 aliphatic carbocycles. The molecule has 72 valence electrons. The molecule has 1 aliphatic heterocycles. The largest absolute Gasteiger partial charge is 0.330 e. The predicted octanol–water partition coefficient (Wildman–Crippen LogP) is 0.220. The molecule has 1 amide bonds. The molecule has 1 aliphatic rings. The summed E-state index contributed by atoms with van der Waals surface area (Å²) in [5, 5.41) is 3.17. The van der Waals surface area contributed by atoms with Crippen molar-refractivity contribution in [1.29, 1.82) is 0 Å². The zero-order chi connectivity index (χ0) is 9.68. The van der Waals surface area contributed by atoms with Crippen LogP contribution in [0.1, 0.15) is 19.8 Å². The summed E-state index contributed by atoms with van der Waals surface area (Å²) in [5.74, 6) is 2.65. The molecule has 1 heterocycles. The molecule has 1 rings (SSSR count). The summed E-state index contributed by atoms with van der Waals surface area (Å²) in [7, 11) is 0. The first-order valence-electron chi connectivity index (χ1n) is 4.75. The molecule has 13 heavy (non-hydrogen) atoms. The van der Waals surface area contributed by atoms with Gasteiger partial charge in [-0.3, -0.25) is 4.79 Å². The molecule has 3 heteroatoms. The molecule has 0 aromatic rings. The summed E-state index contributed by atoms with van der Waals surface area (Å²) in [6.07, 6.45) is 7.21. The topological polar surface area (TPSA) is 32.3 Å². The van der Waals surface area contributed by atoms with E-state index in [1.807, 2.05) is 6.92 Å². The van der Waals surface area contributed by atoms with Gasteiger partial charge in [0.2, 0.25) is 5.91 Å². The zero-order valence-corrected chi connectivity index (χ0v) is 8.05. The van der Waals surface area contributed by atoms with Gasteiger partial charge in [0.1, 0.15) is 0 Å². The van der Waals surface area contributed by atoms with Crippen LogP contribution < -0.4 is 5.32 Å². The molecule has 1 N–H and O–H groups in total. The van der Waals surface area contributed by atoms with E-state index < -0.39 is 0 Å². The Hall–Kier alpha value is -1.01. The normalized spacial score (nSPS) is 21.1. The highest BCUT2D eigenvalue weighted by atomic mass is 16.2. The van der Waals surface area contributed by atoms with Crippen molar-refractivity contribution < 1.29 is 4.79 Å². The second-order valence-corrected chi connectivity index (χ2v) is 3.21. The van der Waals surface area contributed by atoms with Crippen LogP contribution >= 0.6 is 0 Å². The summed E-state index contributed by atoms with van der Waals surface area (Å²) < 4.78 is 0. The Bertz CT molecular complexity index is 213. The van der Waals surface area contributed by atoms with Gasteiger partial charge in [0.15, 0.2) is 0 Å². The van der Waals surface area contributed by atoms with Crippen LogP contribution in [-0.4, -0.2) is 36.5 Å². The van der Waals surface area contributed by atoms with Gasteiger partial charge in [-0.05, 0) is 26.3 Å². The van der Waals surface area contributed by atoms with Crippen LogP contribution in [0.3, 0.4) is 0 Å². The van der Waals surface area contributed by atoms with E-state index in [-0.39, 0.29) is 11.9 Å². The van der Waals surface area contributed by atoms with Gasteiger partial charge in [0, 0.05) is 6.54 Å². The van der Waals surface area contributed by atoms with Crippen LogP contribution in [0.15, 0.2) is 0 Å². The number of nitrogens with zero attached hydrogens (tertiary/aromatic N) is 1. The van der Waals surface area contributed by atoms with Gasteiger partial charge >= 0.3 is 0 Å². The van der Waals surface area contributed by atoms with E-state index in [1.165, 1.54) is 0 Å². The summed E-state index contributed by atoms with van der Waals surface area (Å²) in [6.45, 7) is 4.02. The number of hydrogen-bond donors (Lipinski definition) is 1. The molecular weight excluding hydrogens is 164 g/mol. The average Bonchev–Trinajstić information content (AvgIpc) is 2.65. The lowest BCUT2D eigenvalue weighted by Crippen LogP contribution is -2.43. The SMILES string of the molecule is C#CCN(CC)C(=O)[C@H]1CCCN1. The zero-order valence-electron chi connectivity index (χ0n) is 8.05. The predicted molar refractivity (Wildman–Crippen MR) is 52.1 cm³/mol. The summed E-state index contributed by atoms with van der Waals surface area (Å²) in [4.78, 5) is 13.4. The lowest BCUT2D eigenvalue weighted by molar-refractivity contribution is -0.132. The van der Waals surface area contributed by atoms with Gasteiger partial charge < -0.3 is 10.2 Å². The van der Waals surface area contributed by atoms with E-state index in [0.29, 0.717) is 13.1 Å². The van der Waals surface area contributed by atoms with Gasteiger partial charge in [-0.2, -0.15) is 0 Å². The standard InChI is InChI=1S/C10H16N2O/c1-3-8-12(4-2)10(13)9-6-5-7-11-9/h1,9,11H,4-8H2,2H3/t9-/m1/s1. The summed E-state index contributed by atoms with van der Waals surface area (Å²) >= 11 is 0. The molecule has 0 bridgehead atoms. The summed E-state index contributed by atoms with van der Waals surface area (Å²) in [6, 6.07) is 0.00769. The minimum atomic E-state index is 0.00769. The van der Waals surface area contributed by atoms with Gasteiger partial charge in [-0.15, -0.1) is 6.42 Å². The molecule has 0 radical (unpaired) electrons. The first kappa shape index (κ1) is 10.1. The van der Waals surface area contributed by atoms with Crippen LogP contribution in [0.25, 0.3) is 0 Å². The highest BCUT2D eigenvalue weighted by Crippen LogP contribution is 2.08. The van der Waals surface area contributed by atoms with Crippen molar-refractivity contribution in [2.75, 3.05) is 19.6 Å². The van der Waals surface area contributed by atoms with Gasteiger partial charge in [-0.25, -0.2) is 0 Å². The molecule has 0 saturated carbocycles. The van der Waals surface area contributed by atoms with E-state index in [2.05, 4.69) is 11.2 Å². The van der Waals surface area contributed by atoms with Crippen molar-refractivity contribution in [3.05, 3.63) is 0 Å². The van der Waals surface area contributed by atoms with E-state index in [1.54, 1.807) is 4.90 Å². The maximum absolute atomic E-state index is 11.7. The first-order chi connectivity index (χ1) is 6.29. The minimum absolute atomic E-state index is 0.00769. The number of carbonyl (C=O) groups is 1. The Balaban J connectivity index is 2.48. The Kier molecular flexibility index (Phi) is 3.78. The van der Waals surface area contributed by atoms with Crippen molar-refractivity contribution in [3.8, 4) is 12.3 Å². The van der Waals surface area contributed by atoms with Crippen LogP contribution in [0.5, 0.6) is 0 Å². The number of hydrogen-bond acceptors (Lipinski definition) is 2. The average molecular weight is 180 g/mol. The molecule has 1 atom stereocenters. The molecule has 0 unspecified atom stereocenters. The van der Waals surface area contributed by atoms with Crippen LogP contribution in [0.2, 0.25) is 0 Å². The van der Waals surface area contributed by atoms with E-state index in [0.717, 1.165) is 19.4 Å². The Morgan fingerprint density at radius 1 is 1.77 bits per heavy atom. The first-order valence-corrected chi connectivity index (χ1v) is 4.75. The molecular formula is C10H16N2O. The van der Waals surface area contributed by atoms with E-state index in [9.17, 15) is 4.79 Å². The van der Waals surface area contributed by atoms with Gasteiger partial charge in [0.25, 0.3) is 0 Å². The Morgan fingerprint density at radius 3 is 3.00 bits per heavy atom.